The summed E-state index contributed by atoms with van der Waals surface area (Å²) in [6, 6.07) is 0. The van der Waals surface area contributed by atoms with Crippen LogP contribution in [0, 0.1) is 17.8 Å². The van der Waals surface area contributed by atoms with Crippen molar-refractivity contribution in [3.63, 3.8) is 0 Å². The van der Waals surface area contributed by atoms with E-state index in [-0.39, 0.29) is 23.2 Å². The molecule has 2 aliphatic carbocycles. The van der Waals surface area contributed by atoms with Crippen molar-refractivity contribution in [1.29, 1.82) is 0 Å². The summed E-state index contributed by atoms with van der Waals surface area (Å²) in [5, 5.41) is 14.6. The van der Waals surface area contributed by atoms with Gasteiger partial charge in [-0.15, -0.1) is 0 Å². The number of carbonyl (C=O) groups is 2. The number of hydrogen-bond acceptors (Lipinski definition) is 4. The molecule has 4 heteroatoms. The topological polar surface area (TPSA) is 66.4 Å². The summed E-state index contributed by atoms with van der Waals surface area (Å²) in [5.41, 5.74) is 3.34. The molecule has 0 fully saturated rings. The zero-order chi connectivity index (χ0) is 22.4. The molecule has 2 N–H and O–H groups in total. The molecule has 166 valence electrons. The van der Waals surface area contributed by atoms with E-state index < -0.39 is 11.6 Å². The van der Waals surface area contributed by atoms with Gasteiger partial charge in [-0.3, -0.25) is 9.59 Å². The lowest BCUT2D eigenvalue weighted by Gasteiger charge is -2.34. The van der Waals surface area contributed by atoms with E-state index in [1.807, 2.05) is 19.9 Å². The minimum Gasteiger partial charge on any atom is -0.505 e. The Morgan fingerprint density at radius 1 is 1.27 bits per heavy atom. The van der Waals surface area contributed by atoms with Gasteiger partial charge < -0.3 is 10.4 Å². The van der Waals surface area contributed by atoms with Crippen molar-refractivity contribution in [1.82, 2.24) is 5.32 Å². The van der Waals surface area contributed by atoms with Crippen LogP contribution < -0.4 is 5.32 Å². The smallest absolute Gasteiger partial charge is 0.233 e. The van der Waals surface area contributed by atoms with Crippen molar-refractivity contribution >= 4 is 11.6 Å². The van der Waals surface area contributed by atoms with Gasteiger partial charge >= 0.3 is 0 Å². The quantitative estimate of drug-likeness (QED) is 0.200. The van der Waals surface area contributed by atoms with Gasteiger partial charge in [0.15, 0.2) is 0 Å². The van der Waals surface area contributed by atoms with E-state index in [1.54, 1.807) is 0 Å². The molecule has 0 saturated heterocycles. The SMILES string of the molecule is C=C(C)C1CCC(C)=C[C@H]1C1=C(O)C(NCCC(C)C)=C(CCCCC)C(=O)C1=O. The van der Waals surface area contributed by atoms with Gasteiger partial charge in [0, 0.05) is 18.0 Å². The Morgan fingerprint density at radius 2 is 1.97 bits per heavy atom. The second kappa shape index (κ2) is 10.8. The van der Waals surface area contributed by atoms with Crippen molar-refractivity contribution < 1.29 is 14.7 Å². The van der Waals surface area contributed by atoms with E-state index in [1.165, 1.54) is 5.57 Å². The maximum Gasteiger partial charge on any atom is 0.233 e. The highest BCUT2D eigenvalue weighted by Crippen LogP contribution is 2.41. The standard InChI is InChI=1S/C26H39NO3/c1-7-8-9-10-20-23(27-14-13-16(2)3)25(29)22(26(30)24(20)28)21-15-18(6)11-12-19(21)17(4)5/h15-16,19,21,27,29H,4,7-14H2,1-3,5-6H3/t19?,21-/m1/s1. The van der Waals surface area contributed by atoms with E-state index in [4.69, 9.17) is 0 Å². The van der Waals surface area contributed by atoms with E-state index in [0.29, 0.717) is 30.2 Å². The molecule has 4 nitrogen and oxygen atoms in total. The van der Waals surface area contributed by atoms with Crippen LogP contribution in [0.4, 0.5) is 0 Å². The number of nitrogens with one attached hydrogen (secondary N) is 1. The van der Waals surface area contributed by atoms with E-state index in [2.05, 4.69) is 32.7 Å². The Hall–Kier alpha value is -2.10. The number of unbranched alkanes of at least 4 members (excludes halogenated alkanes) is 2. The molecule has 1 unspecified atom stereocenters. The average Bonchev–Trinajstić information content (AvgIpc) is 2.67. The number of allylic oxidation sites excluding steroid dienone is 5. The number of rotatable bonds is 10. The van der Waals surface area contributed by atoms with Crippen LogP contribution in [0.3, 0.4) is 0 Å². The van der Waals surface area contributed by atoms with Gasteiger partial charge in [-0.1, -0.05) is 57.4 Å². The van der Waals surface area contributed by atoms with Crippen LogP contribution in [0.5, 0.6) is 0 Å². The van der Waals surface area contributed by atoms with Crippen LogP contribution in [0.15, 0.2) is 46.4 Å². The predicted molar refractivity (Wildman–Crippen MR) is 123 cm³/mol. The molecule has 0 aromatic carbocycles. The Morgan fingerprint density at radius 3 is 2.57 bits per heavy atom. The Bertz CT molecular complexity index is 782. The molecule has 0 aromatic rings. The molecule has 0 heterocycles. The van der Waals surface area contributed by atoms with Gasteiger partial charge in [-0.2, -0.15) is 0 Å². The molecule has 2 rings (SSSR count). The van der Waals surface area contributed by atoms with Gasteiger partial charge in [0.2, 0.25) is 11.6 Å². The molecule has 0 spiro atoms. The highest BCUT2D eigenvalue weighted by atomic mass is 16.3. The molecule has 0 bridgehead atoms. The van der Waals surface area contributed by atoms with E-state index in [0.717, 1.165) is 44.1 Å². The van der Waals surface area contributed by atoms with E-state index >= 15 is 0 Å². The predicted octanol–water partition coefficient (Wildman–Crippen LogP) is 5.97. The Kier molecular flexibility index (Phi) is 8.69. The summed E-state index contributed by atoms with van der Waals surface area (Å²) >= 11 is 0. The number of Topliss-reactive ketones (excluding diaryl/α,β-unsaturated/α-hetero) is 2. The molecule has 2 aliphatic rings. The van der Waals surface area contributed by atoms with Gasteiger partial charge in [0.05, 0.1) is 11.3 Å². The fourth-order valence-electron chi connectivity index (χ4n) is 4.44. The molecule has 0 radical (unpaired) electrons. The first kappa shape index (κ1) is 24.2. The van der Waals surface area contributed by atoms with Crippen molar-refractivity contribution in [2.75, 3.05) is 6.54 Å². The normalized spacial score (nSPS) is 22.7. The van der Waals surface area contributed by atoms with Crippen LogP contribution in [-0.4, -0.2) is 23.2 Å². The number of aliphatic hydroxyl groups is 1. The molecule has 2 atom stereocenters. The Balaban J connectivity index is 2.52. The average molecular weight is 414 g/mol. The molecule has 0 aliphatic heterocycles. The van der Waals surface area contributed by atoms with Gasteiger partial charge in [-0.25, -0.2) is 0 Å². The molecule has 0 saturated carbocycles. The second-order valence-electron chi connectivity index (χ2n) is 9.37. The minimum atomic E-state index is -0.546. The third-order valence-electron chi connectivity index (χ3n) is 6.29. The second-order valence-corrected chi connectivity index (χ2v) is 9.37. The first-order valence-electron chi connectivity index (χ1n) is 11.5. The number of ketones is 2. The van der Waals surface area contributed by atoms with Crippen molar-refractivity contribution in [2.24, 2.45) is 17.8 Å². The highest BCUT2D eigenvalue weighted by Gasteiger charge is 2.41. The zero-order valence-electron chi connectivity index (χ0n) is 19.4. The summed E-state index contributed by atoms with van der Waals surface area (Å²) in [6.45, 7) is 15.2. The fourth-order valence-corrected chi connectivity index (χ4v) is 4.44. The van der Waals surface area contributed by atoms with Crippen molar-refractivity contribution in [3.8, 4) is 0 Å². The van der Waals surface area contributed by atoms with E-state index in [9.17, 15) is 14.7 Å². The zero-order valence-corrected chi connectivity index (χ0v) is 19.4. The van der Waals surface area contributed by atoms with Crippen LogP contribution in [0.2, 0.25) is 0 Å². The maximum atomic E-state index is 13.2. The molecular weight excluding hydrogens is 374 g/mol. The van der Waals surface area contributed by atoms with Crippen LogP contribution >= 0.6 is 0 Å². The van der Waals surface area contributed by atoms with Crippen LogP contribution in [0.25, 0.3) is 0 Å². The lowest BCUT2D eigenvalue weighted by molar-refractivity contribution is -0.133. The highest BCUT2D eigenvalue weighted by molar-refractivity contribution is 6.50. The van der Waals surface area contributed by atoms with Gasteiger partial charge in [-0.05, 0) is 57.8 Å². The summed E-state index contributed by atoms with van der Waals surface area (Å²) in [4.78, 5) is 26.3. The third kappa shape index (κ3) is 5.53. The largest absolute Gasteiger partial charge is 0.505 e. The van der Waals surface area contributed by atoms with Crippen molar-refractivity contribution in [3.05, 3.63) is 46.4 Å². The fraction of sp³-hybridized carbons (Fsp3) is 0.615. The Labute approximate surface area is 182 Å². The number of carbonyl (C=O) groups excluding carboxylic acids is 2. The summed E-state index contributed by atoms with van der Waals surface area (Å²) in [6.07, 6.45) is 8.17. The van der Waals surface area contributed by atoms with Gasteiger partial charge in [0.25, 0.3) is 0 Å². The molecular formula is C26H39NO3. The summed E-state index contributed by atoms with van der Waals surface area (Å²) in [5.74, 6) is -0.770. The van der Waals surface area contributed by atoms with Crippen molar-refractivity contribution in [2.45, 2.75) is 79.6 Å². The minimum absolute atomic E-state index is 0.0305. The first-order valence-corrected chi connectivity index (χ1v) is 11.5. The number of hydrogen-bond donors (Lipinski definition) is 2. The summed E-state index contributed by atoms with van der Waals surface area (Å²) < 4.78 is 0. The summed E-state index contributed by atoms with van der Waals surface area (Å²) in [7, 11) is 0. The molecule has 0 aromatic heterocycles. The van der Waals surface area contributed by atoms with Crippen LogP contribution in [-0.2, 0) is 9.59 Å². The number of aliphatic hydroxyl groups excluding tert-OH is 1. The maximum absolute atomic E-state index is 13.2. The van der Waals surface area contributed by atoms with Crippen LogP contribution in [0.1, 0.15) is 79.6 Å². The monoisotopic (exact) mass is 413 g/mol. The lowest BCUT2D eigenvalue weighted by Crippen LogP contribution is -2.36. The first-order chi connectivity index (χ1) is 14.2. The lowest BCUT2D eigenvalue weighted by atomic mass is 9.70. The molecule has 30 heavy (non-hydrogen) atoms. The molecule has 0 amide bonds. The van der Waals surface area contributed by atoms with Gasteiger partial charge in [0.1, 0.15) is 5.76 Å². The third-order valence-corrected chi connectivity index (χ3v) is 6.29.